The largest absolute Gasteiger partial charge is 0.346 e. The molecule has 3 heteroatoms. The molecule has 2 rings (SSSR count). The number of nitrogens with zero attached hydrogens (tertiary/aromatic N) is 1. The molecule has 0 saturated heterocycles. The first-order valence-electron chi connectivity index (χ1n) is 5.00. The number of H-pyrrole nitrogens is 1. The molecule has 1 aliphatic carbocycles. The zero-order valence-corrected chi connectivity index (χ0v) is 8.48. The highest BCUT2D eigenvalue weighted by Crippen LogP contribution is 2.32. The van der Waals surface area contributed by atoms with E-state index in [9.17, 15) is 0 Å². The molecule has 1 aromatic heterocycles. The van der Waals surface area contributed by atoms with E-state index in [1.807, 2.05) is 6.20 Å². The molecule has 1 fully saturated rings. The van der Waals surface area contributed by atoms with Gasteiger partial charge in [0, 0.05) is 30.1 Å². The van der Waals surface area contributed by atoms with Gasteiger partial charge in [0.2, 0.25) is 0 Å². The second-order valence-electron chi connectivity index (χ2n) is 3.71. The van der Waals surface area contributed by atoms with E-state index in [1.165, 1.54) is 31.4 Å². The Morgan fingerprint density at radius 1 is 1.46 bits per heavy atom. The van der Waals surface area contributed by atoms with Crippen LogP contribution in [0.5, 0.6) is 0 Å². The minimum absolute atomic E-state index is 0.650. The van der Waals surface area contributed by atoms with Crippen LogP contribution in [-0.4, -0.2) is 15.8 Å². The number of imidazole rings is 1. The predicted octanol–water partition coefficient (Wildman–Crippen LogP) is 2.85. The smallest absolute Gasteiger partial charge is 0.107 e. The van der Waals surface area contributed by atoms with Gasteiger partial charge < -0.3 is 4.98 Å². The summed E-state index contributed by atoms with van der Waals surface area (Å²) in [5.41, 5.74) is 1.32. The molecule has 0 radical (unpaired) electrons. The second kappa shape index (κ2) is 4.14. The van der Waals surface area contributed by atoms with E-state index in [4.69, 9.17) is 11.6 Å². The molecule has 0 unspecified atom stereocenters. The molecule has 0 amide bonds. The second-order valence-corrected chi connectivity index (χ2v) is 4.08. The third kappa shape index (κ3) is 2.05. The average molecular weight is 199 g/mol. The predicted molar refractivity (Wildman–Crippen MR) is 54.2 cm³/mol. The number of aryl methyl sites for hydroxylation is 1. The van der Waals surface area contributed by atoms with E-state index in [-0.39, 0.29) is 0 Å². The van der Waals surface area contributed by atoms with Gasteiger partial charge in [-0.3, -0.25) is 0 Å². The minimum atomic E-state index is 0.650. The monoisotopic (exact) mass is 198 g/mol. The van der Waals surface area contributed by atoms with Crippen LogP contribution in [0.4, 0.5) is 0 Å². The maximum Gasteiger partial charge on any atom is 0.107 e. The van der Waals surface area contributed by atoms with Crippen LogP contribution in [-0.2, 0) is 6.42 Å². The normalized spacial score (nSPS) is 18.2. The van der Waals surface area contributed by atoms with Gasteiger partial charge in [0.05, 0.1) is 0 Å². The molecule has 0 atom stereocenters. The lowest BCUT2D eigenvalue weighted by Gasteiger charge is -2.03. The maximum absolute atomic E-state index is 5.64. The van der Waals surface area contributed by atoms with E-state index in [0.29, 0.717) is 5.88 Å². The lowest BCUT2D eigenvalue weighted by Crippen LogP contribution is -1.93. The van der Waals surface area contributed by atoms with Crippen molar-refractivity contribution in [2.45, 2.75) is 38.0 Å². The van der Waals surface area contributed by atoms with Crippen LogP contribution in [0.2, 0.25) is 0 Å². The van der Waals surface area contributed by atoms with Gasteiger partial charge in [-0.1, -0.05) is 12.8 Å². The first-order valence-corrected chi connectivity index (χ1v) is 5.53. The number of hydrogen-bond donors (Lipinski definition) is 1. The highest BCUT2D eigenvalue weighted by Gasteiger charge is 2.18. The minimum Gasteiger partial charge on any atom is -0.346 e. The van der Waals surface area contributed by atoms with Crippen molar-refractivity contribution < 1.29 is 0 Å². The summed E-state index contributed by atoms with van der Waals surface area (Å²) in [5.74, 6) is 2.42. The highest BCUT2D eigenvalue weighted by atomic mass is 35.5. The van der Waals surface area contributed by atoms with Crippen molar-refractivity contribution in [3.8, 4) is 0 Å². The first kappa shape index (κ1) is 9.07. The molecule has 1 aromatic rings. The van der Waals surface area contributed by atoms with Crippen molar-refractivity contribution in [3.05, 3.63) is 17.7 Å². The topological polar surface area (TPSA) is 28.7 Å². The van der Waals surface area contributed by atoms with Crippen LogP contribution < -0.4 is 0 Å². The molecule has 0 aromatic carbocycles. The fourth-order valence-corrected chi connectivity index (χ4v) is 2.22. The number of rotatable bonds is 3. The molecule has 0 spiro atoms. The Labute approximate surface area is 83.7 Å². The van der Waals surface area contributed by atoms with Crippen LogP contribution in [0.15, 0.2) is 6.20 Å². The summed E-state index contributed by atoms with van der Waals surface area (Å²) < 4.78 is 0. The maximum atomic E-state index is 5.64. The first-order chi connectivity index (χ1) is 6.40. The van der Waals surface area contributed by atoms with E-state index >= 15 is 0 Å². The summed E-state index contributed by atoms with van der Waals surface area (Å²) in [6.45, 7) is 0. The van der Waals surface area contributed by atoms with Crippen LogP contribution in [0.25, 0.3) is 0 Å². The fourth-order valence-electron chi connectivity index (χ4n) is 2.04. The summed E-state index contributed by atoms with van der Waals surface area (Å²) >= 11 is 5.64. The van der Waals surface area contributed by atoms with Gasteiger partial charge in [-0.15, -0.1) is 11.6 Å². The Bertz CT molecular complexity index is 264. The lowest BCUT2D eigenvalue weighted by molar-refractivity contribution is 0.699. The number of alkyl halides is 1. The van der Waals surface area contributed by atoms with Gasteiger partial charge in [-0.2, -0.15) is 0 Å². The third-order valence-corrected chi connectivity index (χ3v) is 2.96. The lowest BCUT2D eigenvalue weighted by atomic mass is 10.1. The van der Waals surface area contributed by atoms with Gasteiger partial charge in [0.1, 0.15) is 5.82 Å². The zero-order valence-electron chi connectivity index (χ0n) is 7.72. The number of aromatic amines is 1. The third-order valence-electron chi connectivity index (χ3n) is 2.77. The van der Waals surface area contributed by atoms with Gasteiger partial charge in [-0.05, 0) is 12.8 Å². The Kier molecular flexibility index (Phi) is 2.89. The molecule has 2 nitrogen and oxygen atoms in total. The van der Waals surface area contributed by atoms with Gasteiger partial charge in [-0.25, -0.2) is 4.98 Å². The Morgan fingerprint density at radius 3 is 2.92 bits per heavy atom. The molecule has 1 heterocycles. The highest BCUT2D eigenvalue weighted by molar-refractivity contribution is 6.17. The number of hydrogen-bond acceptors (Lipinski definition) is 1. The summed E-state index contributed by atoms with van der Waals surface area (Å²) in [5, 5.41) is 0. The summed E-state index contributed by atoms with van der Waals surface area (Å²) in [4.78, 5) is 7.67. The van der Waals surface area contributed by atoms with Gasteiger partial charge >= 0.3 is 0 Å². The van der Waals surface area contributed by atoms with Crippen LogP contribution in [0, 0.1) is 0 Å². The standard InChI is InChI=1S/C10H15ClN2/c11-6-5-10-12-7-9(13-10)8-3-1-2-4-8/h7-8H,1-6H2,(H,12,13). The zero-order chi connectivity index (χ0) is 9.10. The van der Waals surface area contributed by atoms with Crippen molar-refractivity contribution in [2.75, 3.05) is 5.88 Å². The van der Waals surface area contributed by atoms with Crippen LogP contribution in [0.1, 0.15) is 43.1 Å². The Hall–Kier alpha value is -0.500. The fraction of sp³-hybridized carbons (Fsp3) is 0.700. The molecule has 0 aliphatic heterocycles. The Morgan fingerprint density at radius 2 is 2.23 bits per heavy atom. The van der Waals surface area contributed by atoms with Gasteiger partial charge in [0.15, 0.2) is 0 Å². The number of aromatic nitrogens is 2. The molecule has 1 N–H and O–H groups in total. The molecular weight excluding hydrogens is 184 g/mol. The van der Waals surface area contributed by atoms with Crippen LogP contribution >= 0.6 is 11.6 Å². The van der Waals surface area contributed by atoms with Crippen molar-refractivity contribution in [1.82, 2.24) is 9.97 Å². The quantitative estimate of drug-likeness (QED) is 0.744. The number of nitrogens with one attached hydrogen (secondary N) is 1. The molecule has 1 saturated carbocycles. The van der Waals surface area contributed by atoms with Crippen molar-refractivity contribution >= 4 is 11.6 Å². The summed E-state index contributed by atoms with van der Waals surface area (Å²) in [7, 11) is 0. The van der Waals surface area contributed by atoms with Crippen LogP contribution in [0.3, 0.4) is 0 Å². The average Bonchev–Trinajstić information content (AvgIpc) is 2.70. The number of halogens is 1. The SMILES string of the molecule is ClCCc1ncc(C2CCCC2)[nH]1. The van der Waals surface area contributed by atoms with Gasteiger partial charge in [0.25, 0.3) is 0 Å². The molecule has 0 bridgehead atoms. The van der Waals surface area contributed by atoms with Crippen molar-refractivity contribution in [2.24, 2.45) is 0 Å². The van der Waals surface area contributed by atoms with E-state index < -0.39 is 0 Å². The Balaban J connectivity index is 2.03. The molecule has 13 heavy (non-hydrogen) atoms. The van der Waals surface area contributed by atoms with Crippen molar-refractivity contribution in [3.63, 3.8) is 0 Å². The van der Waals surface area contributed by atoms with E-state index in [0.717, 1.165) is 18.2 Å². The molecular formula is C10H15ClN2. The van der Waals surface area contributed by atoms with E-state index in [2.05, 4.69) is 9.97 Å². The summed E-state index contributed by atoms with van der Waals surface area (Å²) in [6.07, 6.45) is 8.22. The van der Waals surface area contributed by atoms with Crippen molar-refractivity contribution in [1.29, 1.82) is 0 Å². The molecule has 72 valence electrons. The van der Waals surface area contributed by atoms with E-state index in [1.54, 1.807) is 0 Å². The summed E-state index contributed by atoms with van der Waals surface area (Å²) in [6, 6.07) is 0. The molecule has 1 aliphatic rings.